The highest BCUT2D eigenvalue weighted by atomic mass is 32.1. The summed E-state index contributed by atoms with van der Waals surface area (Å²) in [5, 5.41) is -2.16. The Morgan fingerprint density at radius 1 is 0.143 bits per heavy atom. The average molecular weight is 1620 g/mol. The van der Waals surface area contributed by atoms with Crippen molar-refractivity contribution in [3.05, 3.63) is 435 Å². The lowest BCUT2D eigenvalue weighted by atomic mass is 9.84. The zero-order valence-electron chi connectivity index (χ0n) is 115. The van der Waals surface area contributed by atoms with Crippen LogP contribution in [0.15, 0.2) is 435 Å². The lowest BCUT2D eigenvalue weighted by molar-refractivity contribution is 1.61. The molecule has 0 bridgehead atoms. The van der Waals surface area contributed by atoms with Gasteiger partial charge in [0.05, 0.1) is 74.0 Å². The minimum Gasteiger partial charge on any atom is -0.135 e. The van der Waals surface area contributed by atoms with Gasteiger partial charge in [0.15, 0.2) is 0 Å². The van der Waals surface area contributed by atoms with E-state index in [1.807, 2.05) is 84.9 Å². The first-order valence-corrected chi connectivity index (χ1v) is 38.9. The van der Waals surface area contributed by atoms with E-state index in [9.17, 15) is 23.3 Å². The van der Waals surface area contributed by atoms with Crippen molar-refractivity contribution in [2.45, 2.75) is 0 Å². The Balaban J connectivity index is 0.000000138. The molecule has 3 heterocycles. The molecule has 554 valence electrons. The third-order valence-electron chi connectivity index (χ3n) is 20.7. The van der Waals surface area contributed by atoms with E-state index < -0.39 is 412 Å². The maximum Gasteiger partial charge on any atom is 0.0638 e. The minimum absolute atomic E-state index is 0.0994. The van der Waals surface area contributed by atoms with E-state index in [1.54, 1.807) is 11.3 Å². The molecule has 0 nitrogen and oxygen atoms in total. The van der Waals surface area contributed by atoms with Crippen LogP contribution in [0.3, 0.4) is 0 Å². The number of fused-ring (bicyclic) bond motifs is 17. The van der Waals surface area contributed by atoms with Crippen molar-refractivity contribution in [3.63, 3.8) is 0 Å². The highest BCUT2D eigenvalue weighted by Gasteiger charge is 2.25. The Hall–Kier alpha value is -14.4. The first kappa shape index (κ1) is 34.4. The van der Waals surface area contributed by atoms with E-state index in [0.29, 0.717) is 44.9 Å². The Bertz CT molecular complexity index is 11600. The van der Waals surface area contributed by atoms with E-state index in [0.717, 1.165) is 27.3 Å². The van der Waals surface area contributed by atoms with Crippen molar-refractivity contribution in [1.29, 1.82) is 0 Å². The molecule has 0 saturated heterocycles. The van der Waals surface area contributed by atoms with Gasteiger partial charge < -0.3 is 0 Å². The topological polar surface area (TPSA) is 0 Å². The van der Waals surface area contributed by atoms with Gasteiger partial charge in [0.1, 0.15) is 0 Å². The van der Waals surface area contributed by atoms with Crippen molar-refractivity contribution in [1.82, 2.24) is 0 Å². The summed E-state index contributed by atoms with van der Waals surface area (Å²) in [5.74, 6) is 0. The van der Waals surface area contributed by atoms with Crippen LogP contribution in [0.25, 0.3) is 236 Å². The highest BCUT2D eigenvalue weighted by Crippen LogP contribution is 2.53. The SMILES string of the molecule is [2H]c1c([2H])c([2H])c(-c2c([2H])c([2H])c(-c3c4c([2H])c([2H])c([2H])c([2H])c4c(-c4c([2H])c([2H])c([2H])c5sc6c([2H])c([2H])c([2H])c([2H])c6c45)c4c([2H])c([2H])c([2H])c([2H])c34)c([2H])c2[2H])c([2H])c1[2H].[2H]c1c([2H])c([2H])c2c(-c3cccc4ccccc34)c3c([2H])c([2H])c([2H])c([2H])c3c(-c3ccc(-c4cccc5sc6ccccc6c45)cc3)c2c1[2H].[2H]c1c([2H])c([2H])c2c(sc3c([2H])c([2H])c([2H])c(-c4c5c([2H])c([2H])c([2H])c([2H])c5c(-c5c([2H])c([2H])c([2H])c6c([2H])c([2H])c([2H])c([2H])c56)c5c([2H])c([2H])c([2H])c([2H])c45)c32)c1[2H]. The number of benzene rings is 22. The van der Waals surface area contributed by atoms with Crippen LogP contribution in [0.5, 0.6) is 0 Å². The van der Waals surface area contributed by atoms with Crippen molar-refractivity contribution in [2.24, 2.45) is 0 Å². The van der Waals surface area contributed by atoms with Gasteiger partial charge in [0.2, 0.25) is 0 Å². The van der Waals surface area contributed by atoms with Crippen LogP contribution in [-0.2, 0) is 0 Å². The van der Waals surface area contributed by atoms with Crippen molar-refractivity contribution < 1.29 is 74.0 Å². The average Bonchev–Trinajstić information content (AvgIpc) is 1.66. The zero-order valence-corrected chi connectivity index (χ0v) is 63.1. The molecule has 3 heteroatoms. The number of rotatable bonds is 8. The summed E-state index contributed by atoms with van der Waals surface area (Å²) in [6.07, 6.45) is 0. The van der Waals surface area contributed by atoms with Gasteiger partial charge in [-0.25, -0.2) is 0 Å². The number of thiophene rings is 3. The molecule has 0 amide bonds. The van der Waals surface area contributed by atoms with Gasteiger partial charge in [-0.3, -0.25) is 0 Å². The molecule has 0 radical (unpaired) electrons. The summed E-state index contributed by atoms with van der Waals surface area (Å²) in [4.78, 5) is 0. The predicted octanol–water partition coefficient (Wildman–Crippen LogP) is 34.7. The Morgan fingerprint density at radius 2 is 0.471 bits per heavy atom. The fourth-order valence-electron chi connectivity index (χ4n) is 15.7. The molecule has 119 heavy (non-hydrogen) atoms. The molecule has 0 spiro atoms. The largest absolute Gasteiger partial charge is 0.135 e. The molecule has 0 saturated carbocycles. The lowest BCUT2D eigenvalue weighted by Crippen LogP contribution is -1.92. The van der Waals surface area contributed by atoms with Gasteiger partial charge in [-0.05, 0) is 211 Å². The monoisotopic (exact) mass is 1610 g/mol. The van der Waals surface area contributed by atoms with Crippen molar-refractivity contribution in [3.8, 4) is 89.0 Å². The normalized spacial score (nSPS) is 18.1. The third-order valence-corrected chi connectivity index (χ3v) is 23.8. The molecular formula is C116H72S3. The molecule has 3 aromatic heterocycles. The molecule has 0 N–H and O–H groups in total. The van der Waals surface area contributed by atoms with Crippen LogP contribution in [0.1, 0.15) is 74.0 Å². The zero-order chi connectivity index (χ0) is 125. The van der Waals surface area contributed by atoms with Gasteiger partial charge in [-0.2, -0.15) is 0 Å². The lowest BCUT2D eigenvalue weighted by Gasteiger charge is -2.19. The summed E-state index contributed by atoms with van der Waals surface area (Å²) >= 11 is 3.11. The minimum atomic E-state index is -1.01. The van der Waals surface area contributed by atoms with E-state index in [1.165, 1.54) is 14.8 Å². The van der Waals surface area contributed by atoms with E-state index >= 15 is 0 Å². The molecule has 0 atom stereocenters. The predicted molar refractivity (Wildman–Crippen MR) is 522 cm³/mol. The first-order chi connectivity index (χ1) is 81.5. The van der Waals surface area contributed by atoms with Gasteiger partial charge >= 0.3 is 0 Å². The molecular weight excluding hydrogens is 1490 g/mol. The van der Waals surface area contributed by atoms with Gasteiger partial charge in [-0.15, -0.1) is 34.0 Å². The van der Waals surface area contributed by atoms with Crippen LogP contribution in [0.4, 0.5) is 0 Å². The summed E-state index contributed by atoms with van der Waals surface area (Å²) in [6.45, 7) is 0. The van der Waals surface area contributed by atoms with E-state index in [2.05, 4.69) is 24.3 Å². The molecule has 0 aliphatic heterocycles. The molecule has 22 aromatic carbocycles. The van der Waals surface area contributed by atoms with Gasteiger partial charge in [-0.1, -0.05) is 399 Å². The summed E-state index contributed by atoms with van der Waals surface area (Å²) in [6, 6.07) is -5.01. The van der Waals surface area contributed by atoms with Crippen LogP contribution >= 0.6 is 34.0 Å². The Labute approximate surface area is 776 Å². The highest BCUT2D eigenvalue weighted by molar-refractivity contribution is 7.26. The quantitative estimate of drug-likeness (QED) is 0.133. The molecule has 0 fully saturated rings. The molecule has 0 aliphatic rings. The van der Waals surface area contributed by atoms with E-state index in [4.69, 9.17) is 50.7 Å². The third kappa shape index (κ3) is 11.8. The summed E-state index contributed by atoms with van der Waals surface area (Å²) in [5.41, 5.74) is -2.26. The van der Waals surface area contributed by atoms with Crippen LogP contribution in [0.2, 0.25) is 0 Å². The molecule has 0 aliphatic carbocycles. The van der Waals surface area contributed by atoms with Crippen LogP contribution in [0, 0.1) is 0 Å². The molecule has 0 unspecified atom stereocenters. The molecule has 25 aromatic rings. The second-order valence-corrected chi connectivity index (χ2v) is 30.0. The Kier molecular flexibility index (Phi) is 8.50. The number of hydrogen-bond acceptors (Lipinski definition) is 3. The van der Waals surface area contributed by atoms with Gasteiger partial charge in [0.25, 0.3) is 0 Å². The summed E-state index contributed by atoms with van der Waals surface area (Å²) < 4.78 is 481. The Morgan fingerprint density at radius 3 is 1.01 bits per heavy atom. The van der Waals surface area contributed by atoms with Crippen molar-refractivity contribution in [2.75, 3.05) is 0 Å². The van der Waals surface area contributed by atoms with Crippen LogP contribution < -0.4 is 0 Å². The summed E-state index contributed by atoms with van der Waals surface area (Å²) in [7, 11) is 0. The first-order valence-electron chi connectivity index (χ1n) is 63.4. The maximum absolute atomic E-state index is 9.36. The fraction of sp³-hybridized carbons (Fsp3) is 0. The second kappa shape index (κ2) is 29.4. The van der Waals surface area contributed by atoms with Gasteiger partial charge in [0, 0.05) is 60.5 Å². The number of hydrogen-bond donors (Lipinski definition) is 0. The van der Waals surface area contributed by atoms with Crippen molar-refractivity contribution >= 4 is 181 Å². The standard InChI is InChI=1S/C42H26S.C38H24S.C36H22S/c1-2-13-30-27(11-1)12-9-20-32(30)41-35-16-5-3-14-33(35)40(34-15-4-6-17-36(34)41)29-25-23-28(24-26-29)31-19-10-22-39-42(31)37-18-7-8-21-38(37)43-39;1-2-11-25(12-3-1)26-21-23-27(24-22-26)36-28-13-4-6-15-30(28)37(31-16-7-5-14-29(31)36)33-18-10-20-35-38(33)32-17-8-9-19-34(32)39-35;1-2-13-24-23(11-1)12-9-19-25(24)34-26-14-3-5-16-28(26)35(29-17-6-4-15-27(29)34)31-20-10-22-33-36(31)30-18-7-8-21-32(30)37-33/h1-26H;1-24H;1-22H/i3D,4D,5D,6D,14D,15D,16D,17D;1D,2D,3D,4D,5D,6D,7D,8D,9D,10D,11D,12D,13D,14D,15D,16D,17D,18D,19D,20D,21D,22D,23D,24D;1D,2D,3D,4D,5D,6D,7D,8D,9D,10D,11D,12D,13D,14D,15D,16D,17D,18D,19D,20D,21D,22D. The second-order valence-electron chi connectivity index (χ2n) is 26.9. The van der Waals surface area contributed by atoms with E-state index in [-0.39, 0.29) is 86.1 Å². The maximum atomic E-state index is 9.36. The van der Waals surface area contributed by atoms with Crippen LogP contribution in [-0.4, -0.2) is 0 Å². The smallest absolute Gasteiger partial charge is 0.0638 e. The fourth-order valence-corrected chi connectivity index (χ4v) is 18.8. The molecule has 25 rings (SSSR count).